The molecule has 5 nitrogen and oxygen atoms in total. The van der Waals surface area contributed by atoms with Crippen molar-refractivity contribution in [3.8, 4) is 0 Å². The molecule has 1 aliphatic carbocycles. The number of hydrogen-bond donors (Lipinski definition) is 2. The van der Waals surface area contributed by atoms with E-state index in [2.05, 4.69) is 29.7 Å². The normalized spacial score (nSPS) is 20.9. The van der Waals surface area contributed by atoms with Gasteiger partial charge >= 0.3 is 0 Å². The molecule has 2 amide bonds. The number of likely N-dealkylation sites (N-methyl/N-ethyl adjacent to an activating group) is 1. The molecule has 2 aromatic rings. The zero-order valence-electron chi connectivity index (χ0n) is 18.7. The van der Waals surface area contributed by atoms with Gasteiger partial charge in [-0.15, -0.1) is 0 Å². The van der Waals surface area contributed by atoms with Gasteiger partial charge in [-0.05, 0) is 57.1 Å². The van der Waals surface area contributed by atoms with Crippen molar-refractivity contribution in [3.05, 3.63) is 71.0 Å². The Morgan fingerprint density at radius 1 is 1.16 bits per heavy atom. The van der Waals surface area contributed by atoms with Crippen molar-refractivity contribution in [3.63, 3.8) is 0 Å². The number of nitrogens with one attached hydrogen (secondary N) is 2. The Hall–Kier alpha value is -2.73. The maximum absolute atomic E-state index is 14.4. The molecule has 3 rings (SSSR count). The summed E-state index contributed by atoms with van der Waals surface area (Å²) < 4.78 is 14.4. The Bertz CT molecular complexity index is 932. The molecule has 0 radical (unpaired) electrons. The van der Waals surface area contributed by atoms with Gasteiger partial charge in [-0.2, -0.15) is 0 Å². The van der Waals surface area contributed by atoms with E-state index in [1.165, 1.54) is 17.7 Å². The lowest BCUT2D eigenvalue weighted by Crippen LogP contribution is -2.42. The first-order valence-electron chi connectivity index (χ1n) is 10.8. The lowest BCUT2D eigenvalue weighted by Gasteiger charge is -2.25. The Kier molecular flexibility index (Phi) is 7.11. The number of halogens is 1. The maximum Gasteiger partial charge on any atom is 0.254 e. The Morgan fingerprint density at radius 3 is 2.48 bits per heavy atom. The van der Waals surface area contributed by atoms with Gasteiger partial charge in [0.15, 0.2) is 0 Å². The van der Waals surface area contributed by atoms with E-state index in [4.69, 9.17) is 0 Å². The van der Waals surface area contributed by atoms with Crippen LogP contribution in [0, 0.1) is 11.7 Å². The Balaban J connectivity index is 1.59. The largest absolute Gasteiger partial charge is 0.354 e. The molecule has 0 bridgehead atoms. The second-order valence-electron chi connectivity index (χ2n) is 8.78. The summed E-state index contributed by atoms with van der Waals surface area (Å²) in [7, 11) is 3.89. The van der Waals surface area contributed by atoms with Gasteiger partial charge in [-0.25, -0.2) is 4.39 Å². The average molecular weight is 426 g/mol. The van der Waals surface area contributed by atoms with Crippen molar-refractivity contribution in [2.24, 2.45) is 5.92 Å². The average Bonchev–Trinajstić information content (AvgIpc) is 3.44. The number of hydrogen-bond acceptors (Lipinski definition) is 3. The second kappa shape index (κ2) is 9.60. The van der Waals surface area contributed by atoms with Crippen LogP contribution in [0.15, 0.2) is 48.5 Å². The molecule has 31 heavy (non-hydrogen) atoms. The van der Waals surface area contributed by atoms with E-state index in [0.717, 1.165) is 12.0 Å². The third kappa shape index (κ3) is 5.31. The summed E-state index contributed by atoms with van der Waals surface area (Å²) >= 11 is 0. The third-order valence-electron chi connectivity index (χ3n) is 6.32. The van der Waals surface area contributed by atoms with Crippen LogP contribution in [0.2, 0.25) is 0 Å². The van der Waals surface area contributed by atoms with Gasteiger partial charge in [-0.3, -0.25) is 9.59 Å². The quantitative estimate of drug-likeness (QED) is 0.649. The molecule has 0 aromatic heterocycles. The van der Waals surface area contributed by atoms with E-state index in [1.807, 2.05) is 37.2 Å². The maximum atomic E-state index is 14.4. The minimum absolute atomic E-state index is 0.0143. The molecule has 1 aliphatic rings. The molecule has 2 aromatic carbocycles. The molecule has 3 atom stereocenters. The summed E-state index contributed by atoms with van der Waals surface area (Å²) in [4.78, 5) is 26.7. The van der Waals surface area contributed by atoms with Crippen LogP contribution in [0.5, 0.6) is 0 Å². The van der Waals surface area contributed by atoms with E-state index in [0.29, 0.717) is 19.5 Å². The minimum atomic E-state index is -0.526. The molecule has 6 heteroatoms. The molecule has 0 saturated heterocycles. The molecule has 0 spiro atoms. The highest BCUT2D eigenvalue weighted by Gasteiger charge is 2.55. The van der Waals surface area contributed by atoms with Gasteiger partial charge in [0.05, 0.1) is 5.56 Å². The van der Waals surface area contributed by atoms with Crippen LogP contribution < -0.4 is 10.6 Å². The molecule has 1 saturated carbocycles. The van der Waals surface area contributed by atoms with Crippen molar-refractivity contribution in [2.75, 3.05) is 27.2 Å². The number of amides is 2. The fraction of sp³-hybridized carbons (Fsp3) is 0.440. The molecule has 1 fully saturated rings. The first-order chi connectivity index (χ1) is 14.8. The predicted octanol–water partition coefficient (Wildman–Crippen LogP) is 3.14. The standard InChI is InChI=1S/C25H32FN3O2/c1-5-27-23(30)20-12-11-17(14-22(20)26)13-19(29(3)4)16-28-24(31)21-15-25(21,2)18-9-7-6-8-10-18/h6-12,14,19,21H,5,13,15-16H2,1-4H3,(H,27,30)(H,28,31)/t19?,21-,25+/m0/s1. The van der Waals surface area contributed by atoms with Gasteiger partial charge in [0.25, 0.3) is 5.91 Å². The molecule has 0 aliphatic heterocycles. The van der Waals surface area contributed by atoms with Crippen LogP contribution in [0.4, 0.5) is 4.39 Å². The van der Waals surface area contributed by atoms with Crippen LogP contribution in [0.25, 0.3) is 0 Å². The fourth-order valence-corrected chi connectivity index (χ4v) is 4.06. The molecule has 2 N–H and O–H groups in total. The van der Waals surface area contributed by atoms with Crippen LogP contribution in [-0.2, 0) is 16.6 Å². The summed E-state index contributed by atoms with van der Waals surface area (Å²) in [6.45, 7) is 4.86. The molecular formula is C25H32FN3O2. The van der Waals surface area contributed by atoms with Crippen LogP contribution in [0.3, 0.4) is 0 Å². The highest BCUT2D eigenvalue weighted by Crippen LogP contribution is 2.53. The highest BCUT2D eigenvalue weighted by molar-refractivity contribution is 5.94. The van der Waals surface area contributed by atoms with Crippen molar-refractivity contribution in [1.82, 2.24) is 15.5 Å². The monoisotopic (exact) mass is 425 g/mol. The summed E-state index contributed by atoms with van der Waals surface area (Å²) in [5.41, 5.74) is 1.94. The number of benzene rings is 2. The van der Waals surface area contributed by atoms with E-state index in [-0.39, 0.29) is 28.8 Å². The topological polar surface area (TPSA) is 61.4 Å². The van der Waals surface area contributed by atoms with Gasteiger partial charge in [-0.1, -0.05) is 43.3 Å². The number of carbonyl (C=O) groups is 2. The summed E-state index contributed by atoms with van der Waals surface area (Å²) in [6, 6.07) is 14.9. The fourth-order valence-electron chi connectivity index (χ4n) is 4.06. The lowest BCUT2D eigenvalue weighted by molar-refractivity contribution is -0.122. The van der Waals surface area contributed by atoms with Crippen molar-refractivity contribution in [1.29, 1.82) is 0 Å². The second-order valence-corrected chi connectivity index (χ2v) is 8.78. The first kappa shape index (κ1) is 22.9. The van der Waals surface area contributed by atoms with E-state index < -0.39 is 11.7 Å². The minimum Gasteiger partial charge on any atom is -0.354 e. The molecule has 1 unspecified atom stereocenters. The SMILES string of the molecule is CCNC(=O)c1ccc(CC(CNC(=O)[C@@H]2C[C@]2(C)c2ccccc2)N(C)C)cc1F. The Labute approximate surface area is 184 Å². The zero-order valence-corrected chi connectivity index (χ0v) is 18.7. The smallest absolute Gasteiger partial charge is 0.254 e. The van der Waals surface area contributed by atoms with Gasteiger partial charge in [0.1, 0.15) is 5.82 Å². The number of rotatable bonds is 9. The van der Waals surface area contributed by atoms with Crippen molar-refractivity contribution < 1.29 is 14.0 Å². The number of carbonyl (C=O) groups excluding carboxylic acids is 2. The van der Waals surface area contributed by atoms with Crippen LogP contribution >= 0.6 is 0 Å². The molecule has 166 valence electrons. The first-order valence-corrected chi connectivity index (χ1v) is 10.8. The third-order valence-corrected chi connectivity index (χ3v) is 6.32. The lowest BCUT2D eigenvalue weighted by atomic mass is 9.95. The summed E-state index contributed by atoms with van der Waals surface area (Å²) in [5, 5.41) is 5.71. The van der Waals surface area contributed by atoms with E-state index in [1.54, 1.807) is 13.0 Å². The van der Waals surface area contributed by atoms with E-state index >= 15 is 0 Å². The van der Waals surface area contributed by atoms with Gasteiger partial charge in [0.2, 0.25) is 5.91 Å². The van der Waals surface area contributed by atoms with Crippen molar-refractivity contribution >= 4 is 11.8 Å². The predicted molar refractivity (Wildman–Crippen MR) is 120 cm³/mol. The Morgan fingerprint density at radius 2 is 1.87 bits per heavy atom. The highest BCUT2D eigenvalue weighted by atomic mass is 19.1. The molecular weight excluding hydrogens is 393 g/mol. The van der Waals surface area contributed by atoms with Crippen molar-refractivity contribution in [2.45, 2.75) is 38.1 Å². The number of nitrogens with zero attached hydrogens (tertiary/aromatic N) is 1. The molecule has 0 heterocycles. The van der Waals surface area contributed by atoms with Crippen LogP contribution in [0.1, 0.15) is 41.8 Å². The van der Waals surface area contributed by atoms with Gasteiger partial charge in [0, 0.05) is 30.5 Å². The van der Waals surface area contributed by atoms with E-state index in [9.17, 15) is 14.0 Å². The summed E-state index contributed by atoms with van der Waals surface area (Å²) in [6.07, 6.45) is 1.42. The summed E-state index contributed by atoms with van der Waals surface area (Å²) in [5.74, 6) is -0.891. The zero-order chi connectivity index (χ0) is 22.6. The van der Waals surface area contributed by atoms with Gasteiger partial charge < -0.3 is 15.5 Å². The van der Waals surface area contributed by atoms with Crippen LogP contribution in [-0.4, -0.2) is 49.9 Å².